The largest absolute Gasteiger partial charge is 0.396 e. The molecule has 1 aromatic carbocycles. The molecule has 4 rings (SSSR count). The Kier molecular flexibility index (Phi) is 8.07. The van der Waals surface area contributed by atoms with Crippen LogP contribution in [-0.4, -0.2) is 81.8 Å². The van der Waals surface area contributed by atoms with E-state index in [-0.39, 0.29) is 16.5 Å². The summed E-state index contributed by atoms with van der Waals surface area (Å²) in [4.78, 5) is 4.77. The summed E-state index contributed by atoms with van der Waals surface area (Å²) in [5.41, 5.74) is 0.825. The number of nitrogens with zero attached hydrogens (tertiary/aromatic N) is 2. The highest BCUT2D eigenvalue weighted by Crippen LogP contribution is 2.50. The van der Waals surface area contributed by atoms with Gasteiger partial charge >= 0.3 is 0 Å². The maximum atomic E-state index is 12.9. The summed E-state index contributed by atoms with van der Waals surface area (Å²) in [6.45, 7) is 8.51. The van der Waals surface area contributed by atoms with Gasteiger partial charge in [0.25, 0.3) is 0 Å². The van der Waals surface area contributed by atoms with Gasteiger partial charge in [-0.05, 0) is 71.6 Å². The van der Waals surface area contributed by atoms with E-state index in [0.29, 0.717) is 41.4 Å². The summed E-state index contributed by atoms with van der Waals surface area (Å²) in [7, 11) is -3.72. The lowest BCUT2D eigenvalue weighted by Gasteiger charge is -2.41. The number of aliphatic hydroxyl groups is 1. The summed E-state index contributed by atoms with van der Waals surface area (Å²) in [5, 5.41) is 13.2. The van der Waals surface area contributed by atoms with Crippen molar-refractivity contribution in [2.24, 2.45) is 17.8 Å². The molecular weight excluding hydrogens is 516 g/mol. The Labute approximate surface area is 205 Å². The van der Waals surface area contributed by atoms with Crippen molar-refractivity contribution in [1.29, 1.82) is 0 Å². The van der Waals surface area contributed by atoms with Crippen LogP contribution in [0.2, 0.25) is 5.02 Å². The standard InChI is InChI=1S/C22H34BrClN4O3S/c1-2-27-5-7-28(8-6-27)4-3-25-32(30,31)22-19(23)12-17(13-20(22)24)26-21-11-16-9-15(14-29)10-18(16)21/h12-13,15-16,18,21,25-26,29H,2-11,14H2,1H3/t15?,16-,18-,21?/m0/s1. The molecule has 4 atom stereocenters. The molecule has 2 aliphatic carbocycles. The second-order valence-corrected chi connectivity index (χ2v) is 12.3. The monoisotopic (exact) mass is 548 g/mol. The normalized spacial score (nSPS) is 29.0. The van der Waals surface area contributed by atoms with Crippen molar-refractivity contribution < 1.29 is 13.5 Å². The summed E-state index contributed by atoms with van der Waals surface area (Å²) >= 11 is 9.87. The van der Waals surface area contributed by atoms with Crippen molar-refractivity contribution in [3.63, 3.8) is 0 Å². The van der Waals surface area contributed by atoms with Crippen LogP contribution < -0.4 is 10.0 Å². The van der Waals surface area contributed by atoms with Gasteiger partial charge in [0.1, 0.15) is 4.90 Å². The first-order valence-electron chi connectivity index (χ1n) is 11.6. The number of sulfonamides is 1. The lowest BCUT2D eigenvalue weighted by molar-refractivity contribution is 0.139. The Morgan fingerprint density at radius 2 is 1.88 bits per heavy atom. The van der Waals surface area contributed by atoms with E-state index in [1.807, 2.05) is 0 Å². The SMILES string of the molecule is CCN1CCN(CCNS(=O)(=O)c2c(Cl)cc(NC3C[C@@H]4CC(CO)C[C@H]34)cc2Br)CC1. The first kappa shape index (κ1) is 24.7. The quantitative estimate of drug-likeness (QED) is 0.439. The highest BCUT2D eigenvalue weighted by Gasteiger charge is 2.47. The number of fused-ring (bicyclic) bond motifs is 1. The first-order valence-corrected chi connectivity index (χ1v) is 14.3. The van der Waals surface area contributed by atoms with Gasteiger partial charge in [-0.25, -0.2) is 13.1 Å². The number of benzene rings is 1. The Morgan fingerprint density at radius 3 is 2.53 bits per heavy atom. The average Bonchev–Trinajstić information content (AvgIpc) is 3.08. The third-order valence-corrected chi connectivity index (χ3v) is 10.3. The fraction of sp³-hybridized carbons (Fsp3) is 0.727. The van der Waals surface area contributed by atoms with Crippen molar-refractivity contribution in [2.45, 2.75) is 37.1 Å². The lowest BCUT2D eigenvalue weighted by atomic mass is 9.71. The van der Waals surface area contributed by atoms with Crippen LogP contribution in [0, 0.1) is 17.8 Å². The molecule has 0 radical (unpaired) electrons. The van der Waals surface area contributed by atoms with Gasteiger partial charge in [-0.2, -0.15) is 0 Å². The second kappa shape index (κ2) is 10.5. The van der Waals surface area contributed by atoms with Crippen LogP contribution in [0.5, 0.6) is 0 Å². The summed E-state index contributed by atoms with van der Waals surface area (Å²) < 4.78 is 29.1. The Bertz CT molecular complexity index is 887. The van der Waals surface area contributed by atoms with Crippen LogP contribution >= 0.6 is 27.5 Å². The van der Waals surface area contributed by atoms with E-state index in [2.05, 4.69) is 42.7 Å². The molecule has 0 amide bonds. The molecule has 2 unspecified atom stereocenters. The van der Waals surface area contributed by atoms with Crippen LogP contribution in [0.25, 0.3) is 0 Å². The molecule has 180 valence electrons. The molecule has 10 heteroatoms. The van der Waals surface area contributed by atoms with Gasteiger partial charge < -0.3 is 15.3 Å². The minimum Gasteiger partial charge on any atom is -0.396 e. The third kappa shape index (κ3) is 5.45. The molecule has 2 saturated carbocycles. The molecule has 3 N–H and O–H groups in total. The zero-order valence-corrected chi connectivity index (χ0v) is 21.7. The van der Waals surface area contributed by atoms with Crippen LogP contribution in [0.15, 0.2) is 21.5 Å². The van der Waals surface area contributed by atoms with E-state index in [1.54, 1.807) is 12.1 Å². The van der Waals surface area contributed by atoms with Crippen molar-refractivity contribution in [3.05, 3.63) is 21.6 Å². The molecule has 1 heterocycles. The van der Waals surface area contributed by atoms with E-state index in [4.69, 9.17) is 11.6 Å². The molecule has 3 aliphatic rings. The van der Waals surface area contributed by atoms with Gasteiger partial charge in [-0.3, -0.25) is 4.90 Å². The molecule has 0 aromatic heterocycles. The predicted molar refractivity (Wildman–Crippen MR) is 132 cm³/mol. The van der Waals surface area contributed by atoms with Crippen molar-refractivity contribution in [3.8, 4) is 0 Å². The van der Waals surface area contributed by atoms with Crippen molar-refractivity contribution in [1.82, 2.24) is 14.5 Å². The number of hydrogen-bond acceptors (Lipinski definition) is 6. The Balaban J connectivity index is 1.33. The number of rotatable bonds is 9. The molecule has 1 aliphatic heterocycles. The highest BCUT2D eigenvalue weighted by molar-refractivity contribution is 9.10. The van der Waals surface area contributed by atoms with Gasteiger partial charge in [0.05, 0.1) is 5.02 Å². The first-order chi connectivity index (χ1) is 15.3. The molecule has 1 aromatic rings. The summed E-state index contributed by atoms with van der Waals surface area (Å²) in [6.07, 6.45) is 3.25. The van der Waals surface area contributed by atoms with E-state index >= 15 is 0 Å². The Morgan fingerprint density at radius 1 is 1.16 bits per heavy atom. The predicted octanol–water partition coefficient (Wildman–Crippen LogP) is 2.84. The van der Waals surface area contributed by atoms with Crippen LogP contribution in [0.3, 0.4) is 0 Å². The summed E-state index contributed by atoms with van der Waals surface area (Å²) in [5.74, 6) is 1.69. The second-order valence-electron chi connectivity index (χ2n) is 9.37. The molecule has 32 heavy (non-hydrogen) atoms. The smallest absolute Gasteiger partial charge is 0.243 e. The molecule has 0 bridgehead atoms. The number of halogens is 2. The number of hydrogen-bond donors (Lipinski definition) is 3. The van der Waals surface area contributed by atoms with Crippen LogP contribution in [0.4, 0.5) is 5.69 Å². The number of piperazine rings is 1. The fourth-order valence-corrected chi connectivity index (χ4v) is 8.39. The highest BCUT2D eigenvalue weighted by atomic mass is 79.9. The van der Waals surface area contributed by atoms with Gasteiger partial charge in [0.15, 0.2) is 0 Å². The maximum Gasteiger partial charge on any atom is 0.243 e. The number of aliphatic hydroxyl groups excluding tert-OH is 1. The molecule has 1 saturated heterocycles. The van der Waals surface area contributed by atoms with E-state index in [1.165, 1.54) is 0 Å². The number of likely N-dealkylation sites (N-methyl/N-ethyl adjacent to an activating group) is 1. The number of anilines is 1. The number of nitrogens with one attached hydrogen (secondary N) is 2. The minimum atomic E-state index is -3.72. The van der Waals surface area contributed by atoms with E-state index < -0.39 is 10.0 Å². The molecular formula is C22H34BrClN4O3S. The van der Waals surface area contributed by atoms with Gasteiger partial charge in [-0.15, -0.1) is 0 Å². The average molecular weight is 550 g/mol. The molecule has 3 fully saturated rings. The zero-order valence-electron chi connectivity index (χ0n) is 18.6. The van der Waals surface area contributed by atoms with E-state index in [0.717, 1.165) is 57.7 Å². The topological polar surface area (TPSA) is 84.9 Å². The van der Waals surface area contributed by atoms with E-state index in [9.17, 15) is 13.5 Å². The molecule has 0 spiro atoms. The molecule has 7 nitrogen and oxygen atoms in total. The van der Waals surface area contributed by atoms with Crippen LogP contribution in [0.1, 0.15) is 26.2 Å². The van der Waals surface area contributed by atoms with Crippen LogP contribution in [-0.2, 0) is 10.0 Å². The van der Waals surface area contributed by atoms with Gasteiger partial charge in [-0.1, -0.05) is 18.5 Å². The Hall–Kier alpha value is -0.420. The lowest BCUT2D eigenvalue weighted by Crippen LogP contribution is -2.48. The minimum absolute atomic E-state index is 0.0909. The fourth-order valence-electron chi connectivity index (χ4n) is 5.51. The maximum absolute atomic E-state index is 12.9. The van der Waals surface area contributed by atoms with Gasteiger partial charge in [0, 0.05) is 62.1 Å². The third-order valence-electron chi connectivity index (χ3n) is 7.43. The van der Waals surface area contributed by atoms with Gasteiger partial charge in [0.2, 0.25) is 10.0 Å². The van der Waals surface area contributed by atoms with Crippen molar-refractivity contribution >= 4 is 43.2 Å². The zero-order chi connectivity index (χ0) is 22.9. The van der Waals surface area contributed by atoms with Crippen molar-refractivity contribution in [2.75, 3.05) is 57.7 Å². The summed E-state index contributed by atoms with van der Waals surface area (Å²) in [6, 6.07) is 3.86.